The highest BCUT2D eigenvalue weighted by atomic mass is 16.6. The topological polar surface area (TPSA) is 29.5 Å². The molecule has 3 heteroatoms. The van der Waals surface area contributed by atoms with Crippen molar-refractivity contribution in [2.45, 2.75) is 20.1 Å². The predicted molar refractivity (Wildman–Crippen MR) is 82.4 cm³/mol. The summed E-state index contributed by atoms with van der Waals surface area (Å²) in [6.45, 7) is 2.88. The van der Waals surface area contributed by atoms with Crippen LogP contribution in [0.3, 0.4) is 0 Å². The average Bonchev–Trinajstić information content (AvgIpc) is 2.52. The van der Waals surface area contributed by atoms with Gasteiger partial charge < -0.3 is 4.74 Å². The van der Waals surface area contributed by atoms with E-state index in [-0.39, 0.29) is 6.09 Å². The standard InChI is InChI=1S/C18H17NO2/c1-14-5-4-6-15(11-14)13-21-18(20)19-10-9-16-7-2-3-8-17(16)12-19/h2-11H,12-13H2,1H3. The molecule has 0 aromatic heterocycles. The van der Waals surface area contributed by atoms with E-state index in [2.05, 4.69) is 0 Å². The molecule has 1 heterocycles. The maximum Gasteiger partial charge on any atom is 0.414 e. The molecule has 106 valence electrons. The third-order valence-electron chi connectivity index (χ3n) is 3.51. The summed E-state index contributed by atoms with van der Waals surface area (Å²) < 4.78 is 5.37. The van der Waals surface area contributed by atoms with E-state index in [1.54, 1.807) is 11.1 Å². The summed E-state index contributed by atoms with van der Waals surface area (Å²) in [4.78, 5) is 13.7. The van der Waals surface area contributed by atoms with Crippen molar-refractivity contribution in [3.63, 3.8) is 0 Å². The van der Waals surface area contributed by atoms with E-state index in [0.29, 0.717) is 13.2 Å². The van der Waals surface area contributed by atoms with Crippen LogP contribution < -0.4 is 0 Å². The van der Waals surface area contributed by atoms with Crippen LogP contribution in [0.25, 0.3) is 6.08 Å². The molecule has 0 saturated carbocycles. The predicted octanol–water partition coefficient (Wildman–Crippen LogP) is 4.12. The molecular weight excluding hydrogens is 262 g/mol. The summed E-state index contributed by atoms with van der Waals surface area (Å²) in [6.07, 6.45) is 3.40. The largest absolute Gasteiger partial charge is 0.444 e. The van der Waals surface area contributed by atoms with Crippen LogP contribution in [-0.2, 0) is 17.9 Å². The Morgan fingerprint density at radius 3 is 2.90 bits per heavy atom. The first-order valence-electron chi connectivity index (χ1n) is 6.97. The molecule has 0 N–H and O–H groups in total. The number of hydrogen-bond acceptors (Lipinski definition) is 2. The fourth-order valence-electron chi connectivity index (χ4n) is 2.40. The molecule has 0 atom stereocenters. The number of carbonyl (C=O) groups is 1. The minimum atomic E-state index is -0.317. The summed E-state index contributed by atoms with van der Waals surface area (Å²) >= 11 is 0. The van der Waals surface area contributed by atoms with Crippen LogP contribution >= 0.6 is 0 Å². The molecule has 1 aliphatic rings. The fraction of sp³-hybridized carbons (Fsp3) is 0.167. The van der Waals surface area contributed by atoms with Crippen molar-refractivity contribution in [3.8, 4) is 0 Å². The summed E-state index contributed by atoms with van der Waals surface area (Å²) in [5, 5.41) is 0. The lowest BCUT2D eigenvalue weighted by atomic mass is 10.1. The molecule has 3 nitrogen and oxygen atoms in total. The Kier molecular flexibility index (Phi) is 3.73. The zero-order valence-corrected chi connectivity index (χ0v) is 12.0. The van der Waals surface area contributed by atoms with Crippen LogP contribution in [0.2, 0.25) is 0 Å². The van der Waals surface area contributed by atoms with Crippen LogP contribution in [0, 0.1) is 6.92 Å². The Morgan fingerprint density at radius 1 is 1.19 bits per heavy atom. The van der Waals surface area contributed by atoms with Crippen molar-refractivity contribution < 1.29 is 9.53 Å². The normalized spacial score (nSPS) is 12.9. The van der Waals surface area contributed by atoms with E-state index in [1.165, 1.54) is 0 Å². The third kappa shape index (κ3) is 3.14. The van der Waals surface area contributed by atoms with Crippen LogP contribution in [0.1, 0.15) is 22.3 Å². The van der Waals surface area contributed by atoms with Gasteiger partial charge in [0.15, 0.2) is 0 Å². The number of nitrogens with zero attached hydrogens (tertiary/aromatic N) is 1. The van der Waals surface area contributed by atoms with E-state index in [4.69, 9.17) is 4.74 Å². The molecule has 21 heavy (non-hydrogen) atoms. The molecule has 0 bridgehead atoms. The molecule has 0 aliphatic carbocycles. The quantitative estimate of drug-likeness (QED) is 0.827. The highest BCUT2D eigenvalue weighted by molar-refractivity contribution is 5.72. The summed E-state index contributed by atoms with van der Waals surface area (Å²) in [6, 6.07) is 16.0. The van der Waals surface area contributed by atoms with Crippen LogP contribution in [0.4, 0.5) is 4.79 Å². The molecule has 3 rings (SSSR count). The Morgan fingerprint density at radius 2 is 2.05 bits per heavy atom. The van der Waals surface area contributed by atoms with Crippen molar-refractivity contribution in [2.75, 3.05) is 0 Å². The molecule has 0 fully saturated rings. The number of rotatable bonds is 2. The third-order valence-corrected chi connectivity index (χ3v) is 3.51. The average molecular weight is 279 g/mol. The van der Waals surface area contributed by atoms with Crippen molar-refractivity contribution >= 4 is 12.2 Å². The number of hydrogen-bond donors (Lipinski definition) is 0. The monoisotopic (exact) mass is 279 g/mol. The smallest absolute Gasteiger partial charge is 0.414 e. The first-order chi connectivity index (χ1) is 10.2. The lowest BCUT2D eigenvalue weighted by Crippen LogP contribution is -2.27. The zero-order chi connectivity index (χ0) is 14.7. The number of ether oxygens (including phenoxy) is 1. The Labute approximate surface area is 124 Å². The van der Waals surface area contributed by atoms with Gasteiger partial charge in [-0.1, -0.05) is 54.1 Å². The minimum Gasteiger partial charge on any atom is -0.444 e. The molecule has 0 unspecified atom stereocenters. The number of benzene rings is 2. The van der Waals surface area contributed by atoms with Crippen molar-refractivity contribution in [3.05, 3.63) is 77.0 Å². The molecule has 2 aromatic carbocycles. The summed E-state index contributed by atoms with van der Waals surface area (Å²) in [5.41, 5.74) is 4.45. The van der Waals surface area contributed by atoms with Crippen LogP contribution in [0.5, 0.6) is 0 Å². The Bertz CT molecular complexity index is 691. The van der Waals surface area contributed by atoms with E-state index < -0.39 is 0 Å². The Balaban J connectivity index is 1.62. The summed E-state index contributed by atoms with van der Waals surface area (Å²) in [5.74, 6) is 0. The van der Waals surface area contributed by atoms with Gasteiger partial charge in [0, 0.05) is 6.20 Å². The second-order valence-corrected chi connectivity index (χ2v) is 5.19. The molecule has 1 amide bonds. The maximum atomic E-state index is 12.1. The first-order valence-corrected chi connectivity index (χ1v) is 6.97. The lowest BCUT2D eigenvalue weighted by Gasteiger charge is -2.23. The second-order valence-electron chi connectivity index (χ2n) is 5.19. The first kappa shape index (κ1) is 13.4. The van der Waals surface area contributed by atoms with Crippen molar-refractivity contribution in [2.24, 2.45) is 0 Å². The molecule has 0 radical (unpaired) electrons. The van der Waals surface area contributed by atoms with E-state index in [0.717, 1.165) is 22.3 Å². The van der Waals surface area contributed by atoms with E-state index in [1.807, 2.05) is 61.5 Å². The van der Waals surface area contributed by atoms with Gasteiger partial charge in [0.05, 0.1) is 6.54 Å². The van der Waals surface area contributed by atoms with Gasteiger partial charge in [-0.15, -0.1) is 0 Å². The van der Waals surface area contributed by atoms with E-state index >= 15 is 0 Å². The molecule has 2 aromatic rings. The minimum absolute atomic E-state index is 0.298. The fourth-order valence-corrected chi connectivity index (χ4v) is 2.40. The molecular formula is C18H17NO2. The number of fused-ring (bicyclic) bond motifs is 1. The van der Waals surface area contributed by atoms with Gasteiger partial charge in [0.2, 0.25) is 0 Å². The SMILES string of the molecule is Cc1cccc(COC(=O)N2C=Cc3ccccc3C2)c1. The highest BCUT2D eigenvalue weighted by Gasteiger charge is 2.17. The molecule has 1 aliphatic heterocycles. The van der Waals surface area contributed by atoms with Crippen molar-refractivity contribution in [1.82, 2.24) is 4.90 Å². The van der Waals surface area contributed by atoms with Crippen LogP contribution in [0.15, 0.2) is 54.7 Å². The number of carbonyl (C=O) groups excluding carboxylic acids is 1. The van der Waals surface area contributed by atoms with Gasteiger partial charge in [-0.05, 0) is 29.7 Å². The number of amides is 1. The number of aryl methyl sites for hydroxylation is 1. The lowest BCUT2D eigenvalue weighted by molar-refractivity contribution is 0.108. The van der Waals surface area contributed by atoms with Crippen LogP contribution in [-0.4, -0.2) is 11.0 Å². The van der Waals surface area contributed by atoms with Crippen molar-refractivity contribution in [1.29, 1.82) is 0 Å². The summed E-state index contributed by atoms with van der Waals surface area (Å²) in [7, 11) is 0. The van der Waals surface area contributed by atoms with Gasteiger partial charge in [0.25, 0.3) is 0 Å². The zero-order valence-electron chi connectivity index (χ0n) is 12.0. The maximum absolute atomic E-state index is 12.1. The molecule has 0 saturated heterocycles. The van der Waals surface area contributed by atoms with Gasteiger partial charge in [-0.2, -0.15) is 0 Å². The highest BCUT2D eigenvalue weighted by Crippen LogP contribution is 2.20. The van der Waals surface area contributed by atoms with Gasteiger partial charge in [0.1, 0.15) is 6.61 Å². The second kappa shape index (κ2) is 5.83. The molecule has 0 spiro atoms. The van der Waals surface area contributed by atoms with Gasteiger partial charge in [-0.3, -0.25) is 4.90 Å². The van der Waals surface area contributed by atoms with Gasteiger partial charge in [-0.25, -0.2) is 4.79 Å². The van der Waals surface area contributed by atoms with Gasteiger partial charge >= 0.3 is 6.09 Å². The van der Waals surface area contributed by atoms with E-state index in [9.17, 15) is 4.79 Å². The Hall–Kier alpha value is -2.55.